The molecule has 0 spiro atoms. The number of aliphatic hydroxyl groups is 1. The Hall–Kier alpha value is -3.01. The topological polar surface area (TPSA) is 137 Å². The number of amides is 1. The molecule has 2 aromatic heterocycles. The van der Waals surface area contributed by atoms with Gasteiger partial charge in [-0.25, -0.2) is 14.8 Å². The Labute approximate surface area is 227 Å². The van der Waals surface area contributed by atoms with Gasteiger partial charge in [-0.15, -0.1) is 0 Å². The third-order valence-corrected chi connectivity index (χ3v) is 6.82. The standard InChI is InChI=1S/C22H31N5O4S.C2HF3O2/c1-30-14-20-24-19(23-5-3-16-12-31-13-18(16)28)11-21(25-20)26-6-2-7-27(9-8-26)22(29)17-4-10-32-15-17;3-2(4,5)1(6)7/h4,10-11,15-16,18,28H,2-3,5-9,12-14H2,1H3,(H,23,24,25);(H,6,7)/t16-,18-;/m1./s1. The van der Waals surface area contributed by atoms with Gasteiger partial charge in [-0.2, -0.15) is 24.5 Å². The number of ether oxygens (including phenoxy) is 2. The number of carbonyl (C=O) groups is 2. The average molecular weight is 576 g/mol. The molecule has 15 heteroatoms. The normalized spacial score (nSPS) is 19.7. The van der Waals surface area contributed by atoms with Gasteiger partial charge in [0.25, 0.3) is 5.91 Å². The van der Waals surface area contributed by atoms with Crippen molar-refractivity contribution in [3.8, 4) is 0 Å². The minimum atomic E-state index is -5.08. The van der Waals surface area contributed by atoms with E-state index in [9.17, 15) is 23.1 Å². The van der Waals surface area contributed by atoms with Crippen LogP contribution in [-0.2, 0) is 20.9 Å². The van der Waals surface area contributed by atoms with E-state index in [1.165, 1.54) is 0 Å². The first-order valence-corrected chi connectivity index (χ1v) is 13.3. The second-order valence-electron chi connectivity index (χ2n) is 8.99. The summed E-state index contributed by atoms with van der Waals surface area (Å²) in [7, 11) is 1.63. The van der Waals surface area contributed by atoms with Crippen LogP contribution in [0.1, 0.15) is 29.0 Å². The van der Waals surface area contributed by atoms with E-state index in [-0.39, 0.29) is 11.8 Å². The summed E-state index contributed by atoms with van der Waals surface area (Å²) >= 11 is 1.54. The van der Waals surface area contributed by atoms with Crippen molar-refractivity contribution in [1.29, 1.82) is 0 Å². The zero-order chi connectivity index (χ0) is 28.4. The summed E-state index contributed by atoms with van der Waals surface area (Å²) in [5.41, 5.74) is 0.761. The molecule has 2 aliphatic heterocycles. The molecule has 2 aromatic rings. The van der Waals surface area contributed by atoms with Gasteiger partial charge in [-0.3, -0.25) is 4.79 Å². The number of carbonyl (C=O) groups excluding carboxylic acids is 1. The summed E-state index contributed by atoms with van der Waals surface area (Å²) in [6.07, 6.45) is -3.79. The number of methoxy groups -OCH3 is 1. The lowest BCUT2D eigenvalue weighted by molar-refractivity contribution is -0.192. The maximum atomic E-state index is 12.7. The van der Waals surface area contributed by atoms with Gasteiger partial charge in [0.15, 0.2) is 5.82 Å². The quantitative estimate of drug-likeness (QED) is 0.431. The fourth-order valence-corrected chi connectivity index (χ4v) is 4.73. The highest BCUT2D eigenvalue weighted by Gasteiger charge is 2.38. The first-order valence-electron chi connectivity index (χ1n) is 12.3. The van der Waals surface area contributed by atoms with Gasteiger partial charge in [0.05, 0.1) is 24.9 Å². The molecule has 4 heterocycles. The number of hydrogen-bond acceptors (Lipinski definition) is 10. The lowest BCUT2D eigenvalue weighted by atomic mass is 10.0. The number of alkyl halides is 3. The highest BCUT2D eigenvalue weighted by Crippen LogP contribution is 2.21. The molecular weight excluding hydrogens is 543 g/mol. The number of carboxylic acids is 1. The Balaban J connectivity index is 0.000000532. The molecule has 4 rings (SSSR count). The van der Waals surface area contributed by atoms with Crippen LogP contribution in [0, 0.1) is 5.92 Å². The van der Waals surface area contributed by atoms with Crippen LogP contribution in [0.15, 0.2) is 22.9 Å². The van der Waals surface area contributed by atoms with Crippen molar-refractivity contribution in [3.63, 3.8) is 0 Å². The summed E-state index contributed by atoms with van der Waals surface area (Å²) in [6.45, 7) is 4.96. The van der Waals surface area contributed by atoms with Gasteiger partial charge >= 0.3 is 12.1 Å². The summed E-state index contributed by atoms with van der Waals surface area (Å²) < 4.78 is 42.3. The largest absolute Gasteiger partial charge is 0.490 e. The molecular formula is C24H32F3N5O6S. The monoisotopic (exact) mass is 575 g/mol. The lowest BCUT2D eigenvalue weighted by Crippen LogP contribution is -2.35. The average Bonchev–Trinajstić information content (AvgIpc) is 3.50. The number of nitrogens with zero attached hydrogens (tertiary/aromatic N) is 4. The van der Waals surface area contributed by atoms with Gasteiger partial charge in [-0.05, 0) is 24.3 Å². The molecule has 0 bridgehead atoms. The number of halogens is 3. The van der Waals surface area contributed by atoms with Crippen LogP contribution >= 0.6 is 11.3 Å². The summed E-state index contributed by atoms with van der Waals surface area (Å²) in [5.74, 6) is -0.315. The van der Waals surface area contributed by atoms with Crippen molar-refractivity contribution in [3.05, 3.63) is 34.3 Å². The predicted octanol–water partition coefficient (Wildman–Crippen LogP) is 2.48. The van der Waals surface area contributed by atoms with E-state index >= 15 is 0 Å². The van der Waals surface area contributed by atoms with E-state index in [0.29, 0.717) is 45.3 Å². The number of carboxylic acid groups (broad SMARTS) is 1. The van der Waals surface area contributed by atoms with Crippen LogP contribution in [0.2, 0.25) is 0 Å². The molecule has 39 heavy (non-hydrogen) atoms. The third-order valence-electron chi connectivity index (χ3n) is 6.14. The second-order valence-corrected chi connectivity index (χ2v) is 9.77. The highest BCUT2D eigenvalue weighted by molar-refractivity contribution is 7.08. The Morgan fingerprint density at radius 3 is 2.62 bits per heavy atom. The summed E-state index contributed by atoms with van der Waals surface area (Å²) in [6, 6.07) is 3.84. The van der Waals surface area contributed by atoms with Gasteiger partial charge in [0, 0.05) is 57.2 Å². The van der Waals surface area contributed by atoms with Crippen molar-refractivity contribution < 1.29 is 42.4 Å². The van der Waals surface area contributed by atoms with Gasteiger partial charge in [-0.1, -0.05) is 0 Å². The van der Waals surface area contributed by atoms with E-state index in [4.69, 9.17) is 24.4 Å². The van der Waals surface area contributed by atoms with Gasteiger partial charge in [0.1, 0.15) is 18.2 Å². The molecule has 3 N–H and O–H groups in total. The Bertz CT molecular complexity index is 1080. The van der Waals surface area contributed by atoms with E-state index in [2.05, 4.69) is 15.2 Å². The lowest BCUT2D eigenvalue weighted by Gasteiger charge is -2.23. The van der Waals surface area contributed by atoms with Crippen LogP contribution in [0.4, 0.5) is 24.8 Å². The zero-order valence-electron chi connectivity index (χ0n) is 21.4. The number of anilines is 2. The van der Waals surface area contributed by atoms with Crippen LogP contribution in [0.3, 0.4) is 0 Å². The van der Waals surface area contributed by atoms with Gasteiger partial charge in [0.2, 0.25) is 0 Å². The van der Waals surface area contributed by atoms with Crippen LogP contribution < -0.4 is 10.2 Å². The SMILES string of the molecule is COCc1nc(NCC[C@@H]2COC[C@H]2O)cc(N2CCCN(C(=O)c3ccsc3)CC2)n1.O=C(O)C(F)(F)F. The molecule has 2 aliphatic rings. The first-order chi connectivity index (χ1) is 18.6. The molecule has 0 radical (unpaired) electrons. The molecule has 0 aliphatic carbocycles. The van der Waals surface area contributed by atoms with Crippen molar-refractivity contribution >= 4 is 34.8 Å². The Kier molecular flexibility index (Phi) is 11.3. The number of thiophene rings is 1. The summed E-state index contributed by atoms with van der Waals surface area (Å²) in [5, 5.41) is 24.3. The number of rotatable bonds is 8. The fourth-order valence-electron chi connectivity index (χ4n) is 4.10. The van der Waals surface area contributed by atoms with E-state index in [1.54, 1.807) is 18.4 Å². The van der Waals surface area contributed by atoms with E-state index in [0.717, 1.165) is 43.1 Å². The highest BCUT2D eigenvalue weighted by atomic mass is 32.1. The molecule has 0 unspecified atom stereocenters. The molecule has 0 saturated carbocycles. The molecule has 2 fully saturated rings. The first kappa shape index (κ1) is 30.5. The maximum Gasteiger partial charge on any atom is 0.490 e. The minimum absolute atomic E-state index is 0.0938. The van der Waals surface area contributed by atoms with E-state index < -0.39 is 18.2 Å². The van der Waals surface area contributed by atoms with Crippen molar-refractivity contribution in [2.75, 3.05) is 63.3 Å². The molecule has 216 valence electrons. The van der Waals surface area contributed by atoms with Crippen molar-refractivity contribution in [2.45, 2.75) is 31.7 Å². The fraction of sp³-hybridized carbons (Fsp3) is 0.583. The van der Waals surface area contributed by atoms with Crippen LogP contribution in [-0.4, -0.2) is 102 Å². The number of aliphatic hydroxyl groups excluding tert-OH is 1. The number of hydrogen-bond donors (Lipinski definition) is 3. The van der Waals surface area contributed by atoms with E-state index in [1.807, 2.05) is 27.8 Å². The summed E-state index contributed by atoms with van der Waals surface area (Å²) in [4.78, 5) is 35.0. The predicted molar refractivity (Wildman–Crippen MR) is 137 cm³/mol. The van der Waals surface area contributed by atoms with Crippen molar-refractivity contribution in [1.82, 2.24) is 14.9 Å². The van der Waals surface area contributed by atoms with Gasteiger partial charge < -0.3 is 34.8 Å². The zero-order valence-corrected chi connectivity index (χ0v) is 22.2. The molecule has 0 aromatic carbocycles. The van der Waals surface area contributed by atoms with Crippen LogP contribution in [0.25, 0.3) is 0 Å². The van der Waals surface area contributed by atoms with Crippen molar-refractivity contribution in [2.24, 2.45) is 5.92 Å². The van der Waals surface area contributed by atoms with Crippen LogP contribution in [0.5, 0.6) is 0 Å². The number of aliphatic carboxylic acids is 1. The number of aromatic nitrogens is 2. The second kappa shape index (κ2) is 14.4. The Morgan fingerprint density at radius 1 is 1.23 bits per heavy atom. The smallest absolute Gasteiger partial charge is 0.475 e. The third kappa shape index (κ3) is 9.30. The molecule has 1 amide bonds. The number of nitrogens with one attached hydrogen (secondary N) is 1. The minimum Gasteiger partial charge on any atom is -0.475 e. The Morgan fingerprint density at radius 2 is 2.00 bits per heavy atom. The molecule has 2 atom stereocenters. The molecule has 2 saturated heterocycles. The maximum absolute atomic E-state index is 12.7. The molecule has 11 nitrogen and oxygen atoms in total.